The zero-order chi connectivity index (χ0) is 16.4. The number of hydrogen-bond acceptors (Lipinski definition) is 6. The monoisotopic (exact) mass is 341 g/mol. The SMILES string of the molecule is Cc1noc(C)c1S(=O)(=O)N1CC[C@@]23OCCCN2C(=O)C[C@@H]13. The quantitative estimate of drug-likeness (QED) is 0.773. The Morgan fingerprint density at radius 3 is 2.78 bits per heavy atom. The summed E-state index contributed by atoms with van der Waals surface area (Å²) in [5, 5.41) is 3.74. The minimum atomic E-state index is -3.77. The van der Waals surface area contributed by atoms with E-state index >= 15 is 0 Å². The third-order valence-electron chi connectivity index (χ3n) is 5.10. The van der Waals surface area contributed by atoms with E-state index in [0.717, 1.165) is 6.42 Å². The van der Waals surface area contributed by atoms with Gasteiger partial charge in [0.2, 0.25) is 15.9 Å². The van der Waals surface area contributed by atoms with E-state index < -0.39 is 21.8 Å². The molecule has 2 atom stereocenters. The molecule has 1 spiro atoms. The Labute approximate surface area is 134 Å². The van der Waals surface area contributed by atoms with Crippen LogP contribution in [-0.2, 0) is 19.6 Å². The molecule has 0 N–H and O–H groups in total. The van der Waals surface area contributed by atoms with Crippen molar-refractivity contribution in [1.82, 2.24) is 14.4 Å². The molecule has 0 saturated carbocycles. The Bertz CT molecular complexity index is 754. The fourth-order valence-corrected chi connectivity index (χ4v) is 6.11. The summed E-state index contributed by atoms with van der Waals surface area (Å²) in [6.45, 7) is 4.72. The van der Waals surface area contributed by atoms with Gasteiger partial charge < -0.3 is 14.2 Å². The van der Waals surface area contributed by atoms with Crippen LogP contribution in [0, 0.1) is 13.8 Å². The molecule has 1 amide bonds. The lowest BCUT2D eigenvalue weighted by Gasteiger charge is -2.42. The van der Waals surface area contributed by atoms with E-state index in [1.54, 1.807) is 18.7 Å². The first-order valence-corrected chi connectivity index (χ1v) is 9.21. The van der Waals surface area contributed by atoms with Crippen molar-refractivity contribution >= 4 is 15.9 Å². The number of sulfonamides is 1. The van der Waals surface area contributed by atoms with E-state index in [0.29, 0.717) is 31.8 Å². The van der Waals surface area contributed by atoms with E-state index in [9.17, 15) is 13.2 Å². The summed E-state index contributed by atoms with van der Waals surface area (Å²) in [5.74, 6) is 0.238. The number of aromatic nitrogens is 1. The first-order valence-electron chi connectivity index (χ1n) is 7.77. The molecular formula is C14H19N3O5S. The van der Waals surface area contributed by atoms with Crippen LogP contribution < -0.4 is 0 Å². The maximum Gasteiger partial charge on any atom is 0.248 e. The van der Waals surface area contributed by atoms with Gasteiger partial charge in [-0.15, -0.1) is 0 Å². The van der Waals surface area contributed by atoms with Crippen LogP contribution in [0.3, 0.4) is 0 Å². The van der Waals surface area contributed by atoms with Gasteiger partial charge in [0.15, 0.2) is 11.5 Å². The highest BCUT2D eigenvalue weighted by Gasteiger charge is 2.63. The van der Waals surface area contributed by atoms with Gasteiger partial charge in [-0.2, -0.15) is 4.31 Å². The Kier molecular flexibility index (Phi) is 3.14. The molecular weight excluding hydrogens is 322 g/mol. The van der Waals surface area contributed by atoms with Crippen molar-refractivity contribution < 1.29 is 22.5 Å². The largest absolute Gasteiger partial charge is 0.360 e. The van der Waals surface area contributed by atoms with Gasteiger partial charge in [0.1, 0.15) is 10.6 Å². The smallest absolute Gasteiger partial charge is 0.248 e. The van der Waals surface area contributed by atoms with Crippen LogP contribution >= 0.6 is 0 Å². The molecule has 4 rings (SSSR count). The van der Waals surface area contributed by atoms with Crippen molar-refractivity contribution in [1.29, 1.82) is 0 Å². The third kappa shape index (κ3) is 1.87. The summed E-state index contributed by atoms with van der Waals surface area (Å²) >= 11 is 0. The molecule has 3 fully saturated rings. The molecule has 0 unspecified atom stereocenters. The van der Waals surface area contributed by atoms with Crippen molar-refractivity contribution in [3.8, 4) is 0 Å². The zero-order valence-electron chi connectivity index (χ0n) is 13.1. The van der Waals surface area contributed by atoms with E-state index in [1.165, 1.54) is 4.31 Å². The molecule has 23 heavy (non-hydrogen) atoms. The van der Waals surface area contributed by atoms with E-state index in [2.05, 4.69) is 5.16 Å². The molecule has 0 radical (unpaired) electrons. The lowest BCUT2D eigenvalue weighted by molar-refractivity contribution is -0.178. The molecule has 0 bridgehead atoms. The Balaban J connectivity index is 1.76. The molecule has 0 aromatic carbocycles. The highest BCUT2D eigenvalue weighted by atomic mass is 32.2. The Hall–Kier alpha value is -1.45. The molecule has 1 aromatic rings. The van der Waals surface area contributed by atoms with Crippen LogP contribution in [0.5, 0.6) is 0 Å². The van der Waals surface area contributed by atoms with Crippen LogP contribution in [0.2, 0.25) is 0 Å². The fourth-order valence-electron chi connectivity index (χ4n) is 4.16. The lowest BCUT2D eigenvalue weighted by atomic mass is 10.0. The summed E-state index contributed by atoms with van der Waals surface area (Å²) in [4.78, 5) is 14.1. The zero-order valence-corrected chi connectivity index (χ0v) is 13.9. The van der Waals surface area contributed by atoms with Crippen LogP contribution in [-0.4, -0.2) is 60.1 Å². The molecule has 0 aliphatic carbocycles. The summed E-state index contributed by atoms with van der Waals surface area (Å²) in [7, 11) is -3.77. The lowest BCUT2D eigenvalue weighted by Crippen LogP contribution is -2.56. The minimum Gasteiger partial charge on any atom is -0.360 e. The second-order valence-corrected chi connectivity index (χ2v) is 8.16. The van der Waals surface area contributed by atoms with Gasteiger partial charge in [0.25, 0.3) is 0 Å². The van der Waals surface area contributed by atoms with Gasteiger partial charge in [-0.25, -0.2) is 8.42 Å². The van der Waals surface area contributed by atoms with Crippen molar-refractivity contribution in [2.75, 3.05) is 19.7 Å². The normalized spacial score (nSPS) is 31.5. The number of carbonyl (C=O) groups excluding carboxylic acids is 1. The molecule has 1 aromatic heterocycles. The number of nitrogens with zero attached hydrogens (tertiary/aromatic N) is 3. The van der Waals surface area contributed by atoms with E-state index in [4.69, 9.17) is 9.26 Å². The maximum atomic E-state index is 13.1. The third-order valence-corrected chi connectivity index (χ3v) is 7.25. The highest BCUT2D eigenvalue weighted by molar-refractivity contribution is 7.89. The second kappa shape index (κ2) is 4.78. The van der Waals surface area contributed by atoms with Crippen LogP contribution in [0.4, 0.5) is 0 Å². The molecule has 126 valence electrons. The molecule has 9 heteroatoms. The predicted molar refractivity (Wildman–Crippen MR) is 77.9 cm³/mol. The van der Waals surface area contributed by atoms with Crippen molar-refractivity contribution in [2.24, 2.45) is 0 Å². The fraction of sp³-hybridized carbons (Fsp3) is 0.714. The first-order chi connectivity index (χ1) is 10.9. The summed E-state index contributed by atoms with van der Waals surface area (Å²) < 4.78 is 38.6. The van der Waals surface area contributed by atoms with Gasteiger partial charge in [-0.05, 0) is 20.3 Å². The van der Waals surface area contributed by atoms with Crippen LogP contribution in [0.15, 0.2) is 9.42 Å². The standard InChI is InChI=1S/C14H19N3O5S/c1-9-13(10(2)22-15-9)23(19,20)17-6-4-14-11(17)8-12(18)16(14)5-3-7-21-14/h11H,3-8H2,1-2H3/t11-,14+/m1/s1. The average Bonchev–Trinajstić information content (AvgIpc) is 3.09. The first kappa shape index (κ1) is 15.1. The van der Waals surface area contributed by atoms with Gasteiger partial charge in [0, 0.05) is 25.9 Å². The topological polar surface area (TPSA) is 92.9 Å². The Morgan fingerprint density at radius 2 is 2.09 bits per heavy atom. The van der Waals surface area contributed by atoms with E-state index in [1.807, 2.05) is 0 Å². The summed E-state index contributed by atoms with van der Waals surface area (Å²) in [6.07, 6.45) is 1.46. The number of aryl methyl sites for hydroxylation is 2. The van der Waals surface area contributed by atoms with Gasteiger partial charge >= 0.3 is 0 Å². The number of rotatable bonds is 2. The van der Waals surface area contributed by atoms with E-state index in [-0.39, 0.29) is 23.0 Å². The van der Waals surface area contributed by atoms with Gasteiger partial charge in [-0.3, -0.25) is 4.79 Å². The highest BCUT2D eigenvalue weighted by Crippen LogP contribution is 2.47. The van der Waals surface area contributed by atoms with Crippen molar-refractivity contribution in [2.45, 2.75) is 49.8 Å². The molecule has 4 heterocycles. The number of ether oxygens (including phenoxy) is 1. The molecule has 3 saturated heterocycles. The van der Waals surface area contributed by atoms with Gasteiger partial charge in [0.05, 0.1) is 12.6 Å². The Morgan fingerprint density at radius 1 is 1.30 bits per heavy atom. The van der Waals surface area contributed by atoms with Crippen LogP contribution in [0.1, 0.15) is 30.7 Å². The predicted octanol–water partition coefficient (Wildman–Crippen LogP) is 0.403. The number of carbonyl (C=O) groups is 1. The number of amides is 1. The summed E-state index contributed by atoms with van der Waals surface area (Å²) in [5.41, 5.74) is -0.448. The van der Waals surface area contributed by atoms with Gasteiger partial charge in [-0.1, -0.05) is 5.16 Å². The molecule has 3 aliphatic rings. The second-order valence-electron chi connectivity index (χ2n) is 6.33. The van der Waals surface area contributed by atoms with Crippen LogP contribution in [0.25, 0.3) is 0 Å². The minimum absolute atomic E-state index is 0.0339. The summed E-state index contributed by atoms with van der Waals surface area (Å²) in [6, 6.07) is -0.478. The molecule has 8 nitrogen and oxygen atoms in total. The van der Waals surface area contributed by atoms with Crippen molar-refractivity contribution in [3.63, 3.8) is 0 Å². The van der Waals surface area contributed by atoms with Crippen molar-refractivity contribution in [3.05, 3.63) is 11.5 Å². The molecule has 3 aliphatic heterocycles. The maximum absolute atomic E-state index is 13.1. The number of hydrogen-bond donors (Lipinski definition) is 0. The average molecular weight is 341 g/mol.